The smallest absolute Gasteiger partial charge is 0.243 e. The summed E-state index contributed by atoms with van der Waals surface area (Å²) >= 11 is 0. The van der Waals surface area contributed by atoms with Crippen molar-refractivity contribution in [2.75, 3.05) is 5.43 Å². The van der Waals surface area contributed by atoms with Gasteiger partial charge in [0.1, 0.15) is 0 Å². The maximum absolute atomic E-state index is 3.95. The second kappa shape index (κ2) is 4.85. The molecule has 1 heterocycles. The number of hydrogen-bond donors (Lipinski definition) is 2. The van der Waals surface area contributed by atoms with Crippen LogP contribution in [0.5, 0.6) is 0 Å². The SMILES string of the molecule is C(/Cc1ccccc1)=N\Nc1nn[nH]n1. The van der Waals surface area contributed by atoms with Crippen LogP contribution in [0.1, 0.15) is 5.56 Å². The molecule has 0 saturated carbocycles. The average molecular weight is 202 g/mol. The Labute approximate surface area is 86.4 Å². The third-order valence-corrected chi connectivity index (χ3v) is 1.77. The summed E-state index contributed by atoms with van der Waals surface area (Å²) in [6, 6.07) is 10.1. The fourth-order valence-electron chi connectivity index (χ4n) is 1.08. The van der Waals surface area contributed by atoms with Gasteiger partial charge in [0.05, 0.1) is 0 Å². The zero-order chi connectivity index (χ0) is 10.3. The Morgan fingerprint density at radius 1 is 1.33 bits per heavy atom. The van der Waals surface area contributed by atoms with Crippen molar-refractivity contribution in [3.05, 3.63) is 35.9 Å². The van der Waals surface area contributed by atoms with E-state index in [2.05, 4.69) is 31.2 Å². The van der Waals surface area contributed by atoms with Gasteiger partial charge in [-0.15, -0.1) is 5.10 Å². The zero-order valence-corrected chi connectivity index (χ0v) is 7.96. The van der Waals surface area contributed by atoms with E-state index in [9.17, 15) is 0 Å². The highest BCUT2D eigenvalue weighted by molar-refractivity contribution is 5.62. The van der Waals surface area contributed by atoms with Crippen molar-refractivity contribution < 1.29 is 0 Å². The van der Waals surface area contributed by atoms with Crippen molar-refractivity contribution in [3.63, 3.8) is 0 Å². The van der Waals surface area contributed by atoms with E-state index in [0.717, 1.165) is 6.42 Å². The summed E-state index contributed by atoms with van der Waals surface area (Å²) in [5.41, 5.74) is 3.85. The standard InChI is InChI=1S/C9H10N6/c1-2-4-8(5-3-1)6-7-10-11-9-12-14-15-13-9/h1-5,7H,6H2,(H2,11,12,13,14,15)/b10-7+. The summed E-state index contributed by atoms with van der Waals surface area (Å²) in [7, 11) is 0. The second-order valence-electron chi connectivity index (χ2n) is 2.85. The van der Waals surface area contributed by atoms with E-state index in [0.29, 0.717) is 5.95 Å². The van der Waals surface area contributed by atoms with Crippen molar-refractivity contribution in [3.8, 4) is 0 Å². The first-order valence-corrected chi connectivity index (χ1v) is 4.50. The van der Waals surface area contributed by atoms with Crippen LogP contribution < -0.4 is 5.43 Å². The molecule has 6 heteroatoms. The molecule has 2 aromatic rings. The Morgan fingerprint density at radius 2 is 2.20 bits per heavy atom. The molecule has 15 heavy (non-hydrogen) atoms. The molecule has 0 spiro atoms. The van der Waals surface area contributed by atoms with Gasteiger partial charge in [-0.3, -0.25) is 0 Å². The van der Waals surface area contributed by atoms with Crippen molar-refractivity contribution in [2.45, 2.75) is 6.42 Å². The van der Waals surface area contributed by atoms with Gasteiger partial charge in [-0.1, -0.05) is 35.4 Å². The number of anilines is 1. The first-order chi connectivity index (χ1) is 7.45. The van der Waals surface area contributed by atoms with Gasteiger partial charge in [-0.25, -0.2) is 5.43 Å². The average Bonchev–Trinajstić information content (AvgIpc) is 2.79. The van der Waals surface area contributed by atoms with E-state index < -0.39 is 0 Å². The quantitative estimate of drug-likeness (QED) is 0.568. The van der Waals surface area contributed by atoms with E-state index in [1.807, 2.05) is 30.3 Å². The Balaban J connectivity index is 1.81. The third-order valence-electron chi connectivity index (χ3n) is 1.77. The molecule has 2 N–H and O–H groups in total. The predicted molar refractivity (Wildman–Crippen MR) is 56.4 cm³/mol. The highest BCUT2D eigenvalue weighted by Crippen LogP contribution is 1.97. The lowest BCUT2D eigenvalue weighted by Crippen LogP contribution is -1.93. The minimum atomic E-state index is 0.360. The van der Waals surface area contributed by atoms with Crippen LogP contribution in [0.3, 0.4) is 0 Å². The Bertz CT molecular complexity index is 407. The number of nitrogens with one attached hydrogen (secondary N) is 2. The van der Waals surface area contributed by atoms with Crippen LogP contribution in [-0.2, 0) is 6.42 Å². The summed E-state index contributed by atoms with van der Waals surface area (Å²) in [4.78, 5) is 0. The van der Waals surface area contributed by atoms with Crippen molar-refractivity contribution in [1.82, 2.24) is 20.6 Å². The molecule has 1 aromatic carbocycles. The highest BCUT2D eigenvalue weighted by Gasteiger charge is 1.91. The van der Waals surface area contributed by atoms with Crippen LogP contribution in [0.15, 0.2) is 35.4 Å². The van der Waals surface area contributed by atoms with Gasteiger partial charge in [0.15, 0.2) is 0 Å². The molecule has 0 aliphatic carbocycles. The van der Waals surface area contributed by atoms with Gasteiger partial charge < -0.3 is 0 Å². The number of nitrogens with zero attached hydrogens (tertiary/aromatic N) is 4. The van der Waals surface area contributed by atoms with Crippen LogP contribution in [0.2, 0.25) is 0 Å². The Kier molecular flexibility index (Phi) is 3.01. The van der Waals surface area contributed by atoms with Crippen molar-refractivity contribution in [1.29, 1.82) is 0 Å². The van der Waals surface area contributed by atoms with Gasteiger partial charge in [-0.2, -0.15) is 10.3 Å². The zero-order valence-electron chi connectivity index (χ0n) is 7.96. The summed E-state index contributed by atoms with van der Waals surface area (Å²) in [6.07, 6.45) is 2.53. The van der Waals surface area contributed by atoms with Crippen LogP contribution >= 0.6 is 0 Å². The summed E-state index contributed by atoms with van der Waals surface area (Å²) in [6.45, 7) is 0. The fourth-order valence-corrected chi connectivity index (χ4v) is 1.08. The van der Waals surface area contributed by atoms with E-state index in [1.165, 1.54) is 5.56 Å². The number of aromatic nitrogens is 4. The lowest BCUT2D eigenvalue weighted by molar-refractivity contribution is 0.881. The monoisotopic (exact) mass is 202 g/mol. The molecule has 0 saturated heterocycles. The number of hydrogen-bond acceptors (Lipinski definition) is 5. The minimum absolute atomic E-state index is 0.360. The molecule has 0 fully saturated rings. The molecule has 0 amide bonds. The van der Waals surface area contributed by atoms with E-state index in [-0.39, 0.29) is 0 Å². The van der Waals surface area contributed by atoms with E-state index in [4.69, 9.17) is 0 Å². The summed E-state index contributed by atoms with van der Waals surface area (Å²) in [5.74, 6) is 0.360. The van der Waals surface area contributed by atoms with Gasteiger partial charge in [0, 0.05) is 12.6 Å². The fraction of sp³-hybridized carbons (Fsp3) is 0.111. The van der Waals surface area contributed by atoms with Gasteiger partial charge in [0.2, 0.25) is 0 Å². The predicted octanol–water partition coefficient (Wildman–Crippen LogP) is 0.840. The molecule has 0 bridgehead atoms. The minimum Gasteiger partial charge on any atom is -0.243 e. The number of hydrazone groups is 1. The summed E-state index contributed by atoms with van der Waals surface area (Å²) < 4.78 is 0. The maximum Gasteiger partial charge on any atom is 0.283 e. The molecule has 0 unspecified atom stereocenters. The number of tetrazole rings is 1. The molecule has 2 rings (SSSR count). The molecule has 0 atom stereocenters. The first-order valence-electron chi connectivity index (χ1n) is 4.50. The van der Waals surface area contributed by atoms with Crippen LogP contribution in [0.25, 0.3) is 0 Å². The highest BCUT2D eigenvalue weighted by atomic mass is 15.5. The van der Waals surface area contributed by atoms with Crippen LogP contribution in [0, 0.1) is 0 Å². The third kappa shape index (κ3) is 2.87. The lowest BCUT2D eigenvalue weighted by Gasteiger charge is -1.93. The van der Waals surface area contributed by atoms with Gasteiger partial charge in [-0.05, 0) is 10.8 Å². The molecular formula is C9H10N6. The van der Waals surface area contributed by atoms with Crippen LogP contribution in [0.4, 0.5) is 5.95 Å². The first kappa shape index (κ1) is 9.32. The second-order valence-corrected chi connectivity index (χ2v) is 2.85. The lowest BCUT2D eigenvalue weighted by atomic mass is 10.2. The van der Waals surface area contributed by atoms with Crippen LogP contribution in [-0.4, -0.2) is 26.8 Å². The molecule has 0 aliphatic heterocycles. The Hall–Kier alpha value is -2.24. The maximum atomic E-state index is 3.95. The number of benzene rings is 1. The molecule has 0 aliphatic rings. The normalized spacial score (nSPS) is 10.7. The van der Waals surface area contributed by atoms with Crippen molar-refractivity contribution >= 4 is 12.2 Å². The number of H-pyrrole nitrogens is 1. The molecule has 0 radical (unpaired) electrons. The topological polar surface area (TPSA) is 78.9 Å². The summed E-state index contributed by atoms with van der Waals surface area (Å²) in [5, 5.41) is 17.0. The van der Waals surface area contributed by atoms with Gasteiger partial charge in [0.25, 0.3) is 5.95 Å². The van der Waals surface area contributed by atoms with Crippen molar-refractivity contribution in [2.24, 2.45) is 5.10 Å². The number of aromatic amines is 1. The molecular weight excluding hydrogens is 192 g/mol. The number of rotatable bonds is 4. The molecule has 6 nitrogen and oxygen atoms in total. The largest absolute Gasteiger partial charge is 0.283 e. The van der Waals surface area contributed by atoms with E-state index >= 15 is 0 Å². The van der Waals surface area contributed by atoms with E-state index in [1.54, 1.807) is 6.21 Å². The molecule has 76 valence electrons. The Morgan fingerprint density at radius 3 is 2.93 bits per heavy atom. The molecule has 1 aromatic heterocycles. The van der Waals surface area contributed by atoms with Gasteiger partial charge >= 0.3 is 0 Å².